The third-order valence-corrected chi connectivity index (χ3v) is 6.31. The number of aryl methyl sites for hydroxylation is 1. The molecule has 2 aliphatic rings. The number of benzene rings is 1. The van der Waals surface area contributed by atoms with Crippen molar-refractivity contribution in [2.75, 3.05) is 33.8 Å². The highest BCUT2D eigenvalue weighted by Crippen LogP contribution is 2.31. The van der Waals surface area contributed by atoms with Crippen molar-refractivity contribution in [2.24, 2.45) is 0 Å². The third kappa shape index (κ3) is 5.22. The predicted octanol–water partition coefficient (Wildman–Crippen LogP) is 2.64. The molecule has 0 spiro atoms. The van der Waals surface area contributed by atoms with Gasteiger partial charge in [0, 0.05) is 69.8 Å². The van der Waals surface area contributed by atoms with E-state index in [1.54, 1.807) is 19.0 Å². The number of morpholine rings is 1. The molecule has 1 aliphatic carbocycles. The SMILES string of the molecule is CN(C)C(=O)CCCn1cc(Cl)c2ccc(CN(C(=O)C3CNCCO3)C3CC3)cc21. The number of ether oxygens (including phenoxy) is 1. The number of rotatable bonds is 8. The Morgan fingerprint density at radius 3 is 2.77 bits per heavy atom. The summed E-state index contributed by atoms with van der Waals surface area (Å²) in [5.41, 5.74) is 2.12. The molecule has 7 nitrogen and oxygen atoms in total. The Morgan fingerprint density at radius 1 is 1.29 bits per heavy atom. The minimum absolute atomic E-state index is 0.0745. The molecule has 4 rings (SSSR count). The quantitative estimate of drug-likeness (QED) is 0.677. The van der Waals surface area contributed by atoms with Crippen LogP contribution in [0.4, 0.5) is 0 Å². The molecule has 1 aliphatic heterocycles. The fourth-order valence-electron chi connectivity index (χ4n) is 4.08. The van der Waals surface area contributed by atoms with Crippen molar-refractivity contribution in [3.05, 3.63) is 35.0 Å². The first kappa shape index (κ1) is 22.1. The number of nitrogens with one attached hydrogen (secondary N) is 1. The maximum Gasteiger partial charge on any atom is 0.253 e. The van der Waals surface area contributed by atoms with E-state index in [2.05, 4.69) is 22.0 Å². The highest BCUT2D eigenvalue weighted by atomic mass is 35.5. The number of carbonyl (C=O) groups excluding carboxylic acids is 2. The molecule has 1 unspecified atom stereocenters. The number of hydrogen-bond donors (Lipinski definition) is 1. The Balaban J connectivity index is 1.49. The van der Waals surface area contributed by atoms with E-state index < -0.39 is 6.10 Å². The molecule has 2 amide bonds. The lowest BCUT2D eigenvalue weighted by Gasteiger charge is -2.30. The van der Waals surface area contributed by atoms with Gasteiger partial charge in [0.1, 0.15) is 6.10 Å². The Labute approximate surface area is 188 Å². The van der Waals surface area contributed by atoms with E-state index in [9.17, 15) is 9.59 Å². The van der Waals surface area contributed by atoms with Gasteiger partial charge in [0.2, 0.25) is 5.91 Å². The van der Waals surface area contributed by atoms with E-state index >= 15 is 0 Å². The lowest BCUT2D eigenvalue weighted by molar-refractivity contribution is -0.146. The van der Waals surface area contributed by atoms with Crippen LogP contribution in [0.3, 0.4) is 0 Å². The van der Waals surface area contributed by atoms with E-state index in [-0.39, 0.29) is 11.8 Å². The summed E-state index contributed by atoms with van der Waals surface area (Å²) in [7, 11) is 3.55. The van der Waals surface area contributed by atoms with Crippen molar-refractivity contribution in [3.8, 4) is 0 Å². The summed E-state index contributed by atoms with van der Waals surface area (Å²) in [6.45, 7) is 3.23. The van der Waals surface area contributed by atoms with Gasteiger partial charge in [-0.25, -0.2) is 0 Å². The number of hydrogen-bond acceptors (Lipinski definition) is 4. The molecule has 168 valence electrons. The monoisotopic (exact) mass is 446 g/mol. The van der Waals surface area contributed by atoms with Crippen LogP contribution >= 0.6 is 11.6 Å². The number of carbonyl (C=O) groups is 2. The van der Waals surface area contributed by atoms with Crippen LogP contribution in [0.15, 0.2) is 24.4 Å². The van der Waals surface area contributed by atoms with Gasteiger partial charge in [-0.2, -0.15) is 0 Å². The maximum atomic E-state index is 13.1. The lowest BCUT2D eigenvalue weighted by atomic mass is 10.1. The van der Waals surface area contributed by atoms with Gasteiger partial charge in [-0.05, 0) is 30.9 Å². The first-order chi connectivity index (χ1) is 14.9. The van der Waals surface area contributed by atoms with E-state index in [1.165, 1.54) is 0 Å². The molecule has 1 aromatic heterocycles. The van der Waals surface area contributed by atoms with Crippen molar-refractivity contribution in [2.45, 2.75) is 50.9 Å². The van der Waals surface area contributed by atoms with Crippen LogP contribution in [-0.4, -0.2) is 72.1 Å². The van der Waals surface area contributed by atoms with Crippen LogP contribution in [0.5, 0.6) is 0 Å². The van der Waals surface area contributed by atoms with E-state index in [1.807, 2.05) is 17.2 Å². The fraction of sp³-hybridized carbons (Fsp3) is 0.565. The summed E-state index contributed by atoms with van der Waals surface area (Å²) < 4.78 is 7.82. The summed E-state index contributed by atoms with van der Waals surface area (Å²) in [6, 6.07) is 6.51. The van der Waals surface area contributed by atoms with E-state index in [0.29, 0.717) is 37.2 Å². The van der Waals surface area contributed by atoms with Crippen LogP contribution < -0.4 is 5.32 Å². The highest BCUT2D eigenvalue weighted by molar-refractivity contribution is 6.35. The average molecular weight is 447 g/mol. The largest absolute Gasteiger partial charge is 0.366 e. The van der Waals surface area contributed by atoms with Crippen LogP contribution in [0.25, 0.3) is 10.9 Å². The summed E-state index contributed by atoms with van der Waals surface area (Å²) >= 11 is 6.46. The number of fused-ring (bicyclic) bond motifs is 1. The van der Waals surface area contributed by atoms with Gasteiger partial charge in [0.25, 0.3) is 5.91 Å². The molecule has 1 atom stereocenters. The van der Waals surface area contributed by atoms with Crippen molar-refractivity contribution in [3.63, 3.8) is 0 Å². The molecule has 2 aromatic rings. The minimum atomic E-state index is -0.398. The number of amides is 2. The molecular weight excluding hydrogens is 416 g/mol. The molecule has 1 saturated heterocycles. The third-order valence-electron chi connectivity index (χ3n) is 6.01. The minimum Gasteiger partial charge on any atom is -0.366 e. The van der Waals surface area contributed by atoms with Crippen molar-refractivity contribution in [1.29, 1.82) is 0 Å². The van der Waals surface area contributed by atoms with Gasteiger partial charge in [0.15, 0.2) is 0 Å². The molecule has 1 saturated carbocycles. The summed E-state index contributed by atoms with van der Waals surface area (Å²) in [6.07, 6.45) is 4.89. The topological polar surface area (TPSA) is 66.8 Å². The zero-order valence-corrected chi connectivity index (χ0v) is 19.0. The predicted molar refractivity (Wildman–Crippen MR) is 121 cm³/mol. The second-order valence-electron chi connectivity index (χ2n) is 8.67. The maximum absolute atomic E-state index is 13.1. The standard InChI is InChI=1S/C23H31ClN4O3/c1-26(2)22(29)4-3-10-27-15-19(24)18-8-5-16(12-20(18)27)14-28(17-6-7-17)23(30)21-13-25-9-11-31-21/h5,8,12,15,17,21,25H,3-4,6-7,9-11,13-14H2,1-2H3. The first-order valence-corrected chi connectivity index (χ1v) is 11.4. The van der Waals surface area contributed by atoms with Gasteiger partial charge in [0.05, 0.1) is 11.6 Å². The second-order valence-corrected chi connectivity index (χ2v) is 9.08. The Morgan fingerprint density at radius 2 is 2.10 bits per heavy atom. The van der Waals surface area contributed by atoms with Gasteiger partial charge in [-0.3, -0.25) is 9.59 Å². The molecule has 8 heteroatoms. The highest BCUT2D eigenvalue weighted by Gasteiger charge is 2.36. The van der Waals surface area contributed by atoms with E-state index in [0.717, 1.165) is 48.8 Å². The second kappa shape index (κ2) is 9.59. The summed E-state index contributed by atoms with van der Waals surface area (Å²) in [4.78, 5) is 28.6. The fourth-order valence-corrected chi connectivity index (χ4v) is 4.36. The Hall–Kier alpha value is -2.09. The average Bonchev–Trinajstić information content (AvgIpc) is 3.57. The molecule has 2 fully saturated rings. The molecule has 1 N–H and O–H groups in total. The molecule has 31 heavy (non-hydrogen) atoms. The van der Waals surface area contributed by atoms with Crippen LogP contribution in [0, 0.1) is 0 Å². The van der Waals surface area contributed by atoms with Crippen molar-refractivity contribution in [1.82, 2.24) is 19.7 Å². The van der Waals surface area contributed by atoms with Crippen LogP contribution in [0.2, 0.25) is 5.02 Å². The van der Waals surface area contributed by atoms with Crippen LogP contribution in [-0.2, 0) is 27.4 Å². The summed E-state index contributed by atoms with van der Waals surface area (Å²) in [5, 5.41) is 4.94. The number of aromatic nitrogens is 1. The van der Waals surface area contributed by atoms with Crippen molar-refractivity contribution >= 4 is 34.3 Å². The first-order valence-electron chi connectivity index (χ1n) is 11.0. The zero-order chi connectivity index (χ0) is 22.0. The van der Waals surface area contributed by atoms with E-state index in [4.69, 9.17) is 16.3 Å². The Kier molecular flexibility index (Phi) is 6.84. The lowest BCUT2D eigenvalue weighted by Crippen LogP contribution is -2.49. The molecule has 0 radical (unpaired) electrons. The molecular formula is C23H31ClN4O3. The Bertz CT molecular complexity index is 948. The van der Waals surface area contributed by atoms with Gasteiger partial charge < -0.3 is 24.4 Å². The number of nitrogens with zero attached hydrogens (tertiary/aromatic N) is 3. The zero-order valence-electron chi connectivity index (χ0n) is 18.3. The van der Waals surface area contributed by atoms with Gasteiger partial charge in [-0.1, -0.05) is 23.7 Å². The molecule has 2 heterocycles. The van der Waals surface area contributed by atoms with Gasteiger partial charge >= 0.3 is 0 Å². The normalized spacial score (nSPS) is 18.9. The summed E-state index contributed by atoms with van der Waals surface area (Å²) in [5.74, 6) is 0.201. The smallest absolute Gasteiger partial charge is 0.253 e. The van der Waals surface area contributed by atoms with Crippen LogP contribution in [0.1, 0.15) is 31.2 Å². The number of halogens is 1. The van der Waals surface area contributed by atoms with Gasteiger partial charge in [-0.15, -0.1) is 0 Å². The molecule has 0 bridgehead atoms. The molecule has 1 aromatic carbocycles. The van der Waals surface area contributed by atoms with Crippen molar-refractivity contribution < 1.29 is 14.3 Å².